The molecule has 1 aromatic heterocycles. The Morgan fingerprint density at radius 1 is 1.53 bits per heavy atom. The Labute approximate surface area is 96.5 Å². The van der Waals surface area contributed by atoms with Crippen LogP contribution in [0.3, 0.4) is 0 Å². The van der Waals surface area contributed by atoms with Gasteiger partial charge in [0, 0.05) is 18.5 Å². The number of aromatic amines is 1. The second-order valence-electron chi connectivity index (χ2n) is 4.12. The predicted molar refractivity (Wildman–Crippen MR) is 64.7 cm³/mol. The monoisotopic (exact) mass is 228 g/mol. The van der Waals surface area contributed by atoms with Crippen molar-refractivity contribution in [2.24, 2.45) is 5.92 Å². The minimum Gasteiger partial charge on any atom is -0.380 e. The lowest BCUT2D eigenvalue weighted by molar-refractivity contribution is 0.0959. The van der Waals surface area contributed by atoms with Crippen LogP contribution in [0.1, 0.15) is 32.5 Å². The van der Waals surface area contributed by atoms with E-state index < -0.39 is 0 Å². The van der Waals surface area contributed by atoms with Crippen LogP contribution in [0.15, 0.2) is 6.20 Å². The average molecular weight is 228 g/mol. The SMILES string of the molecule is CCOCC(C(C)C)n1cc(C)[nH]c1=S. The fraction of sp³-hybridized carbons (Fsp3) is 0.727. The molecule has 0 saturated heterocycles. The van der Waals surface area contributed by atoms with Gasteiger partial charge < -0.3 is 14.3 Å². The summed E-state index contributed by atoms with van der Waals surface area (Å²) >= 11 is 5.27. The molecule has 0 saturated carbocycles. The van der Waals surface area contributed by atoms with Crippen LogP contribution in [-0.2, 0) is 4.74 Å². The molecule has 15 heavy (non-hydrogen) atoms. The largest absolute Gasteiger partial charge is 0.380 e. The maximum Gasteiger partial charge on any atom is 0.177 e. The third-order valence-corrected chi connectivity index (χ3v) is 2.80. The standard InChI is InChI=1S/C11H20N2OS/c1-5-14-7-10(8(2)3)13-6-9(4)12-11(13)15/h6,8,10H,5,7H2,1-4H3,(H,12,15). The third-order valence-electron chi connectivity index (χ3n) is 2.49. The fourth-order valence-corrected chi connectivity index (χ4v) is 1.96. The number of aromatic nitrogens is 2. The smallest absolute Gasteiger partial charge is 0.177 e. The van der Waals surface area contributed by atoms with Crippen molar-refractivity contribution in [3.63, 3.8) is 0 Å². The van der Waals surface area contributed by atoms with Gasteiger partial charge in [0.15, 0.2) is 4.77 Å². The second kappa shape index (κ2) is 5.47. The molecular formula is C11H20N2OS. The van der Waals surface area contributed by atoms with Crippen molar-refractivity contribution < 1.29 is 4.74 Å². The number of H-pyrrole nitrogens is 1. The van der Waals surface area contributed by atoms with Crippen molar-refractivity contribution in [1.29, 1.82) is 0 Å². The van der Waals surface area contributed by atoms with E-state index in [4.69, 9.17) is 17.0 Å². The molecule has 0 spiro atoms. The molecule has 1 heterocycles. The van der Waals surface area contributed by atoms with Crippen LogP contribution in [0.2, 0.25) is 0 Å². The normalized spacial score (nSPS) is 13.4. The Morgan fingerprint density at radius 3 is 2.60 bits per heavy atom. The summed E-state index contributed by atoms with van der Waals surface area (Å²) in [6, 6.07) is 0.322. The molecule has 0 aliphatic carbocycles. The number of ether oxygens (including phenoxy) is 1. The van der Waals surface area contributed by atoms with Gasteiger partial charge in [0.05, 0.1) is 12.6 Å². The van der Waals surface area contributed by atoms with Gasteiger partial charge in [-0.15, -0.1) is 0 Å². The number of hydrogen-bond acceptors (Lipinski definition) is 2. The Kier molecular flexibility index (Phi) is 4.54. The van der Waals surface area contributed by atoms with Crippen molar-refractivity contribution in [2.75, 3.05) is 13.2 Å². The Bertz CT molecular complexity index is 354. The molecule has 0 fully saturated rings. The molecule has 0 amide bonds. The molecule has 0 radical (unpaired) electrons. The van der Waals surface area contributed by atoms with E-state index in [0.29, 0.717) is 12.0 Å². The summed E-state index contributed by atoms with van der Waals surface area (Å²) in [5.74, 6) is 0.512. The number of aryl methyl sites for hydroxylation is 1. The van der Waals surface area contributed by atoms with Crippen LogP contribution in [0.4, 0.5) is 0 Å². The molecule has 86 valence electrons. The minimum absolute atomic E-state index is 0.322. The van der Waals surface area contributed by atoms with Gasteiger partial charge in [-0.05, 0) is 32.0 Å². The van der Waals surface area contributed by atoms with Crippen molar-refractivity contribution >= 4 is 12.2 Å². The zero-order valence-electron chi connectivity index (χ0n) is 9.91. The summed E-state index contributed by atoms with van der Waals surface area (Å²) in [6.45, 7) is 9.88. The molecule has 0 aliphatic heterocycles. The number of rotatable bonds is 5. The van der Waals surface area contributed by atoms with E-state index in [1.807, 2.05) is 13.8 Å². The quantitative estimate of drug-likeness (QED) is 0.785. The highest BCUT2D eigenvalue weighted by Gasteiger charge is 2.16. The van der Waals surface area contributed by atoms with Gasteiger partial charge in [0.1, 0.15) is 0 Å². The molecular weight excluding hydrogens is 208 g/mol. The maximum absolute atomic E-state index is 5.49. The summed E-state index contributed by atoms with van der Waals surface area (Å²) in [5.41, 5.74) is 1.10. The first-order valence-corrected chi connectivity index (χ1v) is 5.82. The van der Waals surface area contributed by atoms with Crippen LogP contribution in [0.5, 0.6) is 0 Å². The molecule has 1 aromatic rings. The first kappa shape index (κ1) is 12.5. The van der Waals surface area contributed by atoms with Gasteiger partial charge in [-0.1, -0.05) is 13.8 Å². The molecule has 0 aliphatic rings. The minimum atomic E-state index is 0.322. The summed E-state index contributed by atoms with van der Waals surface area (Å²) in [4.78, 5) is 3.14. The molecule has 0 bridgehead atoms. The van der Waals surface area contributed by atoms with Crippen molar-refractivity contribution in [3.05, 3.63) is 16.7 Å². The van der Waals surface area contributed by atoms with E-state index in [9.17, 15) is 0 Å². The number of hydrogen-bond donors (Lipinski definition) is 1. The first-order valence-electron chi connectivity index (χ1n) is 5.41. The third kappa shape index (κ3) is 3.18. The molecule has 1 rings (SSSR count). The topological polar surface area (TPSA) is 29.9 Å². The summed E-state index contributed by atoms with van der Waals surface area (Å²) in [7, 11) is 0. The maximum atomic E-state index is 5.49. The number of nitrogens with one attached hydrogen (secondary N) is 1. The molecule has 1 atom stereocenters. The van der Waals surface area contributed by atoms with E-state index in [2.05, 4.69) is 29.6 Å². The highest BCUT2D eigenvalue weighted by Crippen LogP contribution is 2.19. The summed E-state index contributed by atoms with van der Waals surface area (Å²) in [5, 5.41) is 0. The highest BCUT2D eigenvalue weighted by molar-refractivity contribution is 7.71. The second-order valence-corrected chi connectivity index (χ2v) is 4.51. The van der Waals surface area contributed by atoms with Crippen LogP contribution in [-0.4, -0.2) is 22.8 Å². The lowest BCUT2D eigenvalue weighted by atomic mass is 10.1. The van der Waals surface area contributed by atoms with E-state index in [1.54, 1.807) is 0 Å². The van der Waals surface area contributed by atoms with Crippen molar-refractivity contribution in [1.82, 2.24) is 9.55 Å². The highest BCUT2D eigenvalue weighted by atomic mass is 32.1. The summed E-state index contributed by atoms with van der Waals surface area (Å²) in [6.07, 6.45) is 2.06. The lowest BCUT2D eigenvalue weighted by Crippen LogP contribution is -2.20. The van der Waals surface area contributed by atoms with Gasteiger partial charge in [0.2, 0.25) is 0 Å². The van der Waals surface area contributed by atoms with Crippen LogP contribution < -0.4 is 0 Å². The van der Waals surface area contributed by atoms with Crippen molar-refractivity contribution in [3.8, 4) is 0 Å². The van der Waals surface area contributed by atoms with Crippen LogP contribution in [0.25, 0.3) is 0 Å². The fourth-order valence-electron chi connectivity index (χ4n) is 1.61. The summed E-state index contributed by atoms with van der Waals surface area (Å²) < 4.78 is 8.38. The number of imidazole rings is 1. The van der Waals surface area contributed by atoms with Gasteiger partial charge in [-0.25, -0.2) is 0 Å². The number of nitrogens with zero attached hydrogens (tertiary/aromatic N) is 1. The van der Waals surface area contributed by atoms with E-state index in [0.717, 1.165) is 23.7 Å². The molecule has 4 heteroatoms. The van der Waals surface area contributed by atoms with Crippen LogP contribution >= 0.6 is 12.2 Å². The predicted octanol–water partition coefficient (Wildman–Crippen LogP) is 3.09. The van der Waals surface area contributed by atoms with E-state index >= 15 is 0 Å². The van der Waals surface area contributed by atoms with E-state index in [1.165, 1.54) is 0 Å². The molecule has 1 unspecified atom stereocenters. The Balaban J connectivity index is 2.88. The van der Waals surface area contributed by atoms with Gasteiger partial charge in [-0.3, -0.25) is 0 Å². The van der Waals surface area contributed by atoms with Gasteiger partial charge in [0.25, 0.3) is 0 Å². The molecule has 0 aromatic carbocycles. The first-order chi connectivity index (χ1) is 7.06. The lowest BCUT2D eigenvalue weighted by Gasteiger charge is -2.22. The van der Waals surface area contributed by atoms with E-state index in [-0.39, 0.29) is 0 Å². The zero-order valence-corrected chi connectivity index (χ0v) is 10.7. The Morgan fingerprint density at radius 2 is 2.20 bits per heavy atom. The van der Waals surface area contributed by atoms with Gasteiger partial charge >= 0.3 is 0 Å². The van der Waals surface area contributed by atoms with Crippen molar-refractivity contribution in [2.45, 2.75) is 33.7 Å². The van der Waals surface area contributed by atoms with Crippen LogP contribution in [0, 0.1) is 17.6 Å². The zero-order chi connectivity index (χ0) is 11.4. The van der Waals surface area contributed by atoms with Gasteiger partial charge in [-0.2, -0.15) is 0 Å². The molecule has 3 nitrogen and oxygen atoms in total. The average Bonchev–Trinajstić information content (AvgIpc) is 2.46. The Hall–Kier alpha value is -0.610. The molecule has 1 N–H and O–H groups in total.